The Bertz CT molecular complexity index is 616. The molecule has 0 radical (unpaired) electrons. The minimum absolute atomic E-state index is 0.0114. The summed E-state index contributed by atoms with van der Waals surface area (Å²) >= 11 is 0. The van der Waals surface area contributed by atoms with Gasteiger partial charge in [-0.2, -0.15) is 0 Å². The second kappa shape index (κ2) is 27.7. The molecule has 0 spiro atoms. The Balaban J connectivity index is 2.10. The fourth-order valence-electron chi connectivity index (χ4n) is 5.07. The maximum Gasteiger partial charge on any atom is 0.308 e. The molecule has 1 aliphatic rings. The minimum atomic E-state index is -0.513. The normalized spacial score (nSPS) is 19.8. The molecule has 1 rings (SSSR count). The summed E-state index contributed by atoms with van der Waals surface area (Å²) in [5.74, 6) is -0.305. The predicted octanol–water partition coefficient (Wildman–Crippen LogP) is 4.74. The van der Waals surface area contributed by atoms with E-state index >= 15 is 0 Å². The molecule has 0 aliphatic carbocycles. The Hall–Kier alpha value is -1.07. The van der Waals surface area contributed by atoms with Crippen LogP contribution in [0.4, 0.5) is 0 Å². The molecule has 0 amide bonds. The van der Waals surface area contributed by atoms with Crippen molar-refractivity contribution in [2.45, 2.75) is 122 Å². The standard InChI is InChI=1S/C32H60O9/c1-2-3-4-5-6-7-8-9-10-11-12-13-14-15-16-22-39-30(36)18-23-37-27-29(38-24-20-34)32-31(40-25-21-35)28(17-19-33)26-41-32/h9-10,28-29,31-35H,2-8,11-27H2,1H3/b10-9+. The molecule has 4 unspecified atom stereocenters. The second-order valence-electron chi connectivity index (χ2n) is 10.9. The molecule has 1 saturated heterocycles. The first-order valence-corrected chi connectivity index (χ1v) is 16.2. The van der Waals surface area contributed by atoms with Crippen molar-refractivity contribution in [3.05, 3.63) is 12.2 Å². The molecular weight excluding hydrogens is 528 g/mol. The van der Waals surface area contributed by atoms with Crippen LogP contribution in [0.25, 0.3) is 0 Å². The summed E-state index contributed by atoms with van der Waals surface area (Å²) in [7, 11) is 0. The van der Waals surface area contributed by atoms with Gasteiger partial charge in [-0.1, -0.05) is 70.4 Å². The van der Waals surface area contributed by atoms with E-state index in [4.69, 9.17) is 23.7 Å². The molecule has 4 atom stereocenters. The number of esters is 1. The van der Waals surface area contributed by atoms with Gasteiger partial charge in [0.25, 0.3) is 0 Å². The summed E-state index contributed by atoms with van der Waals surface area (Å²) < 4.78 is 28.5. The zero-order valence-electron chi connectivity index (χ0n) is 25.7. The van der Waals surface area contributed by atoms with Crippen molar-refractivity contribution in [1.82, 2.24) is 0 Å². The van der Waals surface area contributed by atoms with Gasteiger partial charge < -0.3 is 39.0 Å². The Morgan fingerprint density at radius 3 is 2.15 bits per heavy atom. The lowest BCUT2D eigenvalue weighted by Gasteiger charge is -2.29. The van der Waals surface area contributed by atoms with Gasteiger partial charge in [0.2, 0.25) is 0 Å². The molecule has 0 aromatic heterocycles. The van der Waals surface area contributed by atoms with Gasteiger partial charge in [0, 0.05) is 12.5 Å². The molecule has 0 saturated carbocycles. The fraction of sp³-hybridized carbons (Fsp3) is 0.906. The van der Waals surface area contributed by atoms with Gasteiger partial charge in [0.05, 0.1) is 65.4 Å². The molecule has 0 aromatic rings. The van der Waals surface area contributed by atoms with Crippen LogP contribution < -0.4 is 0 Å². The smallest absolute Gasteiger partial charge is 0.308 e. The quantitative estimate of drug-likeness (QED) is 0.0646. The van der Waals surface area contributed by atoms with E-state index in [1.54, 1.807) is 0 Å². The SMILES string of the molecule is CCCCCCCC/C=C/CCCCCCCOC(=O)CCOCC(OCCO)C1OCC(CCO)C1OCCO. The summed E-state index contributed by atoms with van der Waals surface area (Å²) in [4.78, 5) is 12.1. The number of hydrogen-bond acceptors (Lipinski definition) is 9. The number of carbonyl (C=O) groups is 1. The van der Waals surface area contributed by atoms with Crippen molar-refractivity contribution in [3.8, 4) is 0 Å². The lowest BCUT2D eigenvalue weighted by atomic mass is 9.96. The van der Waals surface area contributed by atoms with Crippen LogP contribution in [0.5, 0.6) is 0 Å². The molecule has 1 heterocycles. The zero-order chi connectivity index (χ0) is 29.8. The Morgan fingerprint density at radius 2 is 1.49 bits per heavy atom. The first kappa shape index (κ1) is 38.0. The van der Waals surface area contributed by atoms with E-state index < -0.39 is 12.2 Å². The average molecular weight is 589 g/mol. The topological polar surface area (TPSA) is 124 Å². The maximum atomic E-state index is 12.1. The molecule has 1 aliphatic heterocycles. The number of aliphatic hydroxyl groups is 3. The van der Waals surface area contributed by atoms with Crippen LogP contribution in [0.2, 0.25) is 0 Å². The molecule has 1 fully saturated rings. The highest BCUT2D eigenvalue weighted by Crippen LogP contribution is 2.29. The monoisotopic (exact) mass is 588 g/mol. The molecule has 0 aromatic carbocycles. The van der Waals surface area contributed by atoms with Crippen molar-refractivity contribution >= 4 is 5.97 Å². The first-order chi connectivity index (χ1) is 20.2. The lowest BCUT2D eigenvalue weighted by molar-refractivity contribution is -0.147. The summed E-state index contributed by atoms with van der Waals surface area (Å²) in [5.41, 5.74) is 0. The molecule has 9 nitrogen and oxygen atoms in total. The average Bonchev–Trinajstić information content (AvgIpc) is 3.37. The third kappa shape index (κ3) is 19.7. The van der Waals surface area contributed by atoms with Crippen LogP contribution in [0.1, 0.15) is 103 Å². The highest BCUT2D eigenvalue weighted by Gasteiger charge is 2.42. The Morgan fingerprint density at radius 1 is 0.829 bits per heavy atom. The van der Waals surface area contributed by atoms with Crippen molar-refractivity contribution in [2.75, 3.05) is 59.5 Å². The van der Waals surface area contributed by atoms with E-state index in [2.05, 4.69) is 19.1 Å². The number of aliphatic hydroxyl groups excluding tert-OH is 3. The van der Waals surface area contributed by atoms with Crippen LogP contribution in [0, 0.1) is 5.92 Å². The molecule has 242 valence electrons. The fourth-order valence-corrected chi connectivity index (χ4v) is 5.07. The summed E-state index contributed by atoms with van der Waals surface area (Å²) in [6.45, 7) is 3.47. The highest BCUT2D eigenvalue weighted by molar-refractivity contribution is 5.69. The van der Waals surface area contributed by atoms with Crippen molar-refractivity contribution < 1.29 is 43.8 Å². The van der Waals surface area contributed by atoms with Crippen LogP contribution in [0.3, 0.4) is 0 Å². The van der Waals surface area contributed by atoms with E-state index in [0.717, 1.165) is 25.7 Å². The summed E-state index contributed by atoms with van der Waals surface area (Å²) in [6.07, 6.45) is 20.0. The van der Waals surface area contributed by atoms with Crippen LogP contribution in [-0.4, -0.2) is 99.1 Å². The molecule has 0 bridgehead atoms. The molecule has 9 heteroatoms. The van der Waals surface area contributed by atoms with Crippen molar-refractivity contribution in [1.29, 1.82) is 0 Å². The van der Waals surface area contributed by atoms with Gasteiger partial charge in [-0.05, 0) is 38.5 Å². The largest absolute Gasteiger partial charge is 0.466 e. The highest BCUT2D eigenvalue weighted by atomic mass is 16.6. The van der Waals surface area contributed by atoms with E-state index in [1.165, 1.54) is 57.8 Å². The third-order valence-electron chi connectivity index (χ3n) is 7.38. The van der Waals surface area contributed by atoms with Gasteiger partial charge >= 0.3 is 5.97 Å². The van der Waals surface area contributed by atoms with Crippen LogP contribution in [0.15, 0.2) is 12.2 Å². The Kier molecular flexibility index (Phi) is 25.7. The number of hydrogen-bond donors (Lipinski definition) is 3. The first-order valence-electron chi connectivity index (χ1n) is 16.2. The van der Waals surface area contributed by atoms with Crippen LogP contribution in [-0.2, 0) is 28.5 Å². The maximum absolute atomic E-state index is 12.1. The zero-order valence-corrected chi connectivity index (χ0v) is 25.7. The van der Waals surface area contributed by atoms with E-state index in [9.17, 15) is 20.1 Å². The molecule has 41 heavy (non-hydrogen) atoms. The van der Waals surface area contributed by atoms with Gasteiger partial charge in [-0.25, -0.2) is 0 Å². The van der Waals surface area contributed by atoms with Crippen molar-refractivity contribution in [3.63, 3.8) is 0 Å². The predicted molar refractivity (Wildman–Crippen MR) is 160 cm³/mol. The number of rotatable bonds is 29. The summed E-state index contributed by atoms with van der Waals surface area (Å²) in [5, 5.41) is 27.7. The third-order valence-corrected chi connectivity index (χ3v) is 7.38. The van der Waals surface area contributed by atoms with Crippen molar-refractivity contribution in [2.24, 2.45) is 5.92 Å². The van der Waals surface area contributed by atoms with Gasteiger partial charge in [-0.3, -0.25) is 4.79 Å². The minimum Gasteiger partial charge on any atom is -0.466 e. The number of carbonyl (C=O) groups excluding carboxylic acids is 1. The Labute approximate surface area is 248 Å². The number of allylic oxidation sites excluding steroid dienone is 2. The number of ether oxygens (including phenoxy) is 5. The molecular formula is C32H60O9. The summed E-state index contributed by atoms with van der Waals surface area (Å²) in [6, 6.07) is 0. The lowest BCUT2D eigenvalue weighted by Crippen LogP contribution is -2.43. The molecule has 3 N–H and O–H groups in total. The van der Waals surface area contributed by atoms with Crippen LogP contribution >= 0.6 is 0 Å². The van der Waals surface area contributed by atoms with Gasteiger partial charge in [0.15, 0.2) is 0 Å². The van der Waals surface area contributed by atoms with E-state index in [1.807, 2.05) is 0 Å². The van der Waals surface area contributed by atoms with Gasteiger partial charge in [0.1, 0.15) is 12.2 Å². The van der Waals surface area contributed by atoms with E-state index in [-0.39, 0.29) is 70.7 Å². The second-order valence-corrected chi connectivity index (χ2v) is 10.9. The van der Waals surface area contributed by atoms with E-state index in [0.29, 0.717) is 19.6 Å². The number of unbranched alkanes of at least 4 members (excludes halogenated alkanes) is 11. The van der Waals surface area contributed by atoms with Gasteiger partial charge in [-0.15, -0.1) is 0 Å².